The van der Waals surface area contributed by atoms with E-state index in [0.717, 1.165) is 11.5 Å². The Labute approximate surface area is 446 Å². The van der Waals surface area contributed by atoms with Crippen molar-refractivity contribution in [3.63, 3.8) is 0 Å². The van der Waals surface area contributed by atoms with E-state index < -0.39 is 0 Å². The van der Waals surface area contributed by atoms with Gasteiger partial charge in [0.15, 0.2) is 0 Å². The minimum absolute atomic E-state index is 0.0174. The molecule has 4 bridgehead atoms. The summed E-state index contributed by atoms with van der Waals surface area (Å²) in [5, 5.41) is 20.3. The molecule has 4 atom stereocenters. The molecule has 0 saturated carbocycles. The van der Waals surface area contributed by atoms with Crippen LogP contribution in [0.3, 0.4) is 0 Å². The number of hydrogen-bond acceptors (Lipinski definition) is 15. The number of cyclic esters (lactones) is 2. The summed E-state index contributed by atoms with van der Waals surface area (Å²) in [6, 6.07) is 32.9. The van der Waals surface area contributed by atoms with Gasteiger partial charge in [0.25, 0.3) is 0 Å². The smallest absolute Gasteiger partial charge is 0.373 e. The summed E-state index contributed by atoms with van der Waals surface area (Å²) in [7, 11) is 3.12. The second-order valence-corrected chi connectivity index (χ2v) is 20.8. The highest BCUT2D eigenvalue weighted by atomic mass is 16.6. The van der Waals surface area contributed by atoms with Crippen molar-refractivity contribution in [1.29, 1.82) is 0 Å². The number of H-pyrrole nitrogens is 2. The van der Waals surface area contributed by atoms with Crippen LogP contribution < -0.4 is 5.73 Å². The van der Waals surface area contributed by atoms with Gasteiger partial charge in [0, 0.05) is 47.4 Å². The summed E-state index contributed by atoms with van der Waals surface area (Å²) in [6.45, 7) is 16.5. The van der Waals surface area contributed by atoms with Crippen LogP contribution in [0.4, 0.5) is 0 Å². The fraction of sp³-hybridized carbons (Fsp3) is 0.362. The van der Waals surface area contributed by atoms with Gasteiger partial charge in [-0.15, -0.1) is 10.2 Å². The van der Waals surface area contributed by atoms with Crippen molar-refractivity contribution in [3.05, 3.63) is 184 Å². The number of imide groups is 1. The molecule has 2 aliphatic heterocycles. The molecular formula is C58H64N10O9. The van der Waals surface area contributed by atoms with Crippen LogP contribution in [0, 0.1) is 30.6 Å². The molecule has 6 aliphatic carbocycles. The summed E-state index contributed by atoms with van der Waals surface area (Å²) in [5.74, 6) is -1.37. The maximum Gasteiger partial charge on any atom is 0.373 e. The van der Waals surface area contributed by atoms with Crippen molar-refractivity contribution in [1.82, 2.24) is 45.0 Å². The number of aromatic amines is 2. The highest BCUT2D eigenvalue weighted by Gasteiger charge is 2.62. The van der Waals surface area contributed by atoms with Crippen molar-refractivity contribution in [2.75, 3.05) is 20.7 Å². The molecular weight excluding hydrogens is 981 g/mol. The van der Waals surface area contributed by atoms with E-state index in [9.17, 15) is 24.0 Å². The van der Waals surface area contributed by atoms with Gasteiger partial charge in [-0.05, 0) is 86.2 Å². The Morgan fingerprint density at radius 3 is 1.26 bits per heavy atom. The third kappa shape index (κ3) is 11.0. The van der Waals surface area contributed by atoms with Crippen LogP contribution >= 0.6 is 0 Å². The number of hydrogen-bond donors (Lipinski definition) is 3. The van der Waals surface area contributed by atoms with Crippen LogP contribution in [0.25, 0.3) is 0 Å². The molecule has 2 saturated heterocycles. The lowest BCUT2D eigenvalue weighted by Gasteiger charge is -2.45. The summed E-state index contributed by atoms with van der Waals surface area (Å²) in [6.07, 6.45) is 6.69. The van der Waals surface area contributed by atoms with Crippen LogP contribution in [-0.2, 0) is 49.2 Å². The maximum absolute atomic E-state index is 12.7. The van der Waals surface area contributed by atoms with Gasteiger partial charge < -0.3 is 19.8 Å². The Morgan fingerprint density at radius 1 is 0.636 bits per heavy atom. The highest BCUT2D eigenvalue weighted by Crippen LogP contribution is 2.62. The molecule has 15 rings (SSSR count). The van der Waals surface area contributed by atoms with Crippen molar-refractivity contribution < 1.29 is 43.0 Å². The molecule has 4 aromatic carbocycles. The lowest BCUT2D eigenvalue weighted by molar-refractivity contribution is -0.191. The first-order valence-electron chi connectivity index (χ1n) is 25.2. The Morgan fingerprint density at radius 2 is 1.00 bits per heavy atom. The molecule has 0 radical (unpaired) electrons. The Balaban J connectivity index is 0.000000144. The van der Waals surface area contributed by atoms with Gasteiger partial charge in [-0.1, -0.05) is 118 Å². The lowest BCUT2D eigenvalue weighted by atomic mass is 9.55. The minimum atomic E-state index is -0.357. The normalized spacial score (nSPS) is 21.8. The number of nitrogens with zero attached hydrogens (tertiary/aromatic N) is 7. The molecule has 7 aromatic rings. The van der Waals surface area contributed by atoms with Gasteiger partial charge >= 0.3 is 24.1 Å². The topological polar surface area (TPSA) is 268 Å². The molecule has 0 spiro atoms. The lowest BCUT2D eigenvalue weighted by Crippen LogP contribution is -2.41. The third-order valence-corrected chi connectivity index (χ3v) is 14.5. The molecule has 3 aromatic heterocycles. The summed E-state index contributed by atoms with van der Waals surface area (Å²) in [4.78, 5) is 82.4. The quantitative estimate of drug-likeness (QED) is 0.0884. The number of amides is 2. The average molecular weight is 1050 g/mol. The molecule has 8 aliphatic rings. The minimum Gasteiger partial charge on any atom is -0.462 e. The van der Waals surface area contributed by atoms with Crippen LogP contribution in [0.5, 0.6) is 0 Å². The standard InChI is InChI=1S/C19H15NO2.C18H12O3.C7H10N2O2.2C6H11N3.CH5N.CO2/c1-20-18(21)16-14-10-6-2-3-7-11(10)15(17(16)19(20)22)13-9-5-4-8-12(13)14;19-17-15-13-9-5-1-2-6-10(9)14(16(15)18(20)21-17)12-8-4-3-7-11(12)13;1-3-11-7(10)6-4-8-9-5(6)2;1-6(2,3)9-4-7-8-5-9;1-6(2,3)5-7-4-8-9-5;1-2;2-1-3/h2-9,14-17H,1H3;1-8,13-16H;4H,3H2,1-2H3,(H,8,9);4-5H,1-3H3;4H,1-3H3,(H,7,8,9);2H2,1H3;. The summed E-state index contributed by atoms with van der Waals surface area (Å²) in [5.41, 5.74) is 15.6. The average Bonchev–Trinajstić information content (AvgIpc) is 4.33. The molecule has 19 heteroatoms. The second-order valence-electron chi connectivity index (χ2n) is 20.8. The van der Waals surface area contributed by atoms with E-state index in [1.165, 1.54) is 69.0 Å². The zero-order valence-electron chi connectivity index (χ0n) is 44.8. The molecule has 4 N–H and O–H groups in total. The number of aromatic nitrogens is 8. The van der Waals surface area contributed by atoms with Crippen molar-refractivity contribution in [2.45, 2.75) is 90.0 Å². The van der Waals surface area contributed by atoms with Crippen molar-refractivity contribution >= 4 is 35.9 Å². The van der Waals surface area contributed by atoms with Gasteiger partial charge in [-0.25, -0.2) is 9.78 Å². The van der Waals surface area contributed by atoms with Gasteiger partial charge in [0.05, 0.1) is 36.5 Å². The first-order chi connectivity index (χ1) is 36.8. The zero-order valence-corrected chi connectivity index (χ0v) is 44.8. The summed E-state index contributed by atoms with van der Waals surface area (Å²) < 4.78 is 11.7. The first-order valence-corrected chi connectivity index (χ1v) is 25.2. The monoisotopic (exact) mass is 1040 g/mol. The molecule has 77 heavy (non-hydrogen) atoms. The van der Waals surface area contributed by atoms with Crippen molar-refractivity contribution in [2.24, 2.45) is 29.4 Å². The van der Waals surface area contributed by atoms with Crippen LogP contribution in [0.2, 0.25) is 0 Å². The fourth-order valence-electron chi connectivity index (χ4n) is 11.2. The predicted octanol–water partition coefficient (Wildman–Crippen LogP) is 7.12. The van der Waals surface area contributed by atoms with E-state index in [1.807, 2.05) is 53.1 Å². The molecule has 2 fully saturated rings. The van der Waals surface area contributed by atoms with E-state index >= 15 is 0 Å². The number of benzene rings is 4. The zero-order chi connectivity index (χ0) is 55.9. The number of carbonyl (C=O) groups excluding carboxylic acids is 7. The second kappa shape index (κ2) is 23.6. The number of likely N-dealkylation sites (tertiary alicyclic amines) is 1. The van der Waals surface area contributed by atoms with Gasteiger partial charge in [0.1, 0.15) is 30.4 Å². The molecule has 400 valence electrons. The maximum atomic E-state index is 12.7. The van der Waals surface area contributed by atoms with Crippen LogP contribution in [0.15, 0.2) is 122 Å². The fourth-order valence-corrected chi connectivity index (χ4v) is 11.2. The largest absolute Gasteiger partial charge is 0.462 e. The number of nitrogens with two attached hydrogens (primary N) is 1. The Kier molecular flexibility index (Phi) is 17.2. The van der Waals surface area contributed by atoms with E-state index in [-0.39, 0.29) is 94.2 Å². The molecule has 4 unspecified atom stereocenters. The summed E-state index contributed by atoms with van der Waals surface area (Å²) >= 11 is 0. The molecule has 2 amide bonds. The van der Waals surface area contributed by atoms with E-state index in [0.29, 0.717) is 12.2 Å². The highest BCUT2D eigenvalue weighted by molar-refractivity contribution is 6.07. The van der Waals surface area contributed by atoms with Crippen LogP contribution in [0.1, 0.15) is 139 Å². The number of nitrogens with one attached hydrogen (secondary N) is 2. The third-order valence-electron chi connectivity index (χ3n) is 14.5. The number of rotatable bonds is 2. The van der Waals surface area contributed by atoms with E-state index in [4.69, 9.17) is 19.1 Å². The number of carbonyl (C=O) groups is 5. The van der Waals surface area contributed by atoms with Crippen LogP contribution in [-0.4, -0.2) is 102 Å². The van der Waals surface area contributed by atoms with E-state index in [1.54, 1.807) is 33.5 Å². The Hall–Kier alpha value is -8.54. The van der Waals surface area contributed by atoms with Crippen molar-refractivity contribution in [3.8, 4) is 0 Å². The number of aryl methyl sites for hydroxylation is 1. The molecule has 19 nitrogen and oxygen atoms in total. The SMILES string of the molecule is CC(C)(C)c1ncn[nH]1.CC(C)(C)n1cnnc1.CCOC(=O)c1cn[nH]c1C.CN.CN1C(=O)C2C3c4ccccc4C(c4ccccc43)C2C1=O.O=C1OC(=O)C2C3c4ccccc4C(c4ccccc43)C12.O=C=O. The predicted molar refractivity (Wildman–Crippen MR) is 280 cm³/mol. The van der Waals surface area contributed by atoms with E-state index in [2.05, 4.69) is 131 Å². The van der Waals surface area contributed by atoms with Gasteiger partial charge in [0.2, 0.25) is 11.8 Å². The van der Waals surface area contributed by atoms with Gasteiger partial charge in [-0.2, -0.15) is 19.8 Å². The van der Waals surface area contributed by atoms with Gasteiger partial charge in [-0.3, -0.25) is 34.3 Å². The molecule has 5 heterocycles. The first kappa shape index (κ1) is 56.2. The Bertz CT molecular complexity index is 2990. The number of ether oxygens (including phenoxy) is 2. The number of esters is 3.